The summed E-state index contributed by atoms with van der Waals surface area (Å²) < 4.78 is 10.4. The van der Waals surface area contributed by atoms with Crippen LogP contribution in [0.2, 0.25) is 0 Å². The molecule has 1 atom stereocenters. The Kier molecular flexibility index (Phi) is 13.7. The van der Waals surface area contributed by atoms with E-state index in [0.29, 0.717) is 0 Å². The van der Waals surface area contributed by atoms with Gasteiger partial charge in [-0.2, -0.15) is 0 Å². The van der Waals surface area contributed by atoms with Gasteiger partial charge in [0.25, 0.3) is 0 Å². The minimum Gasteiger partial charge on any atom is -0.356 e. The fraction of sp³-hybridized carbons (Fsp3) is 0.700. The van der Waals surface area contributed by atoms with Crippen LogP contribution in [0.25, 0.3) is 0 Å². The van der Waals surface area contributed by atoms with Gasteiger partial charge in [0, 0.05) is 14.2 Å². The lowest BCUT2D eigenvalue weighted by atomic mass is 9.95. The van der Waals surface area contributed by atoms with Gasteiger partial charge in [-0.05, 0) is 74.0 Å². The molecule has 0 fully saturated rings. The maximum Gasteiger partial charge on any atom is 0.156 e. The van der Waals surface area contributed by atoms with Crippen LogP contribution in [0.5, 0.6) is 0 Å². The molecule has 0 radical (unpaired) electrons. The lowest BCUT2D eigenvalue weighted by molar-refractivity contribution is -0.107. The molecule has 1 aromatic rings. The largest absolute Gasteiger partial charge is 0.356 e. The quantitative estimate of drug-likeness (QED) is 0.182. The number of ether oxygens (including phenoxy) is 2. The van der Waals surface area contributed by atoms with E-state index in [2.05, 4.69) is 36.1 Å². The smallest absolute Gasteiger partial charge is 0.156 e. The van der Waals surface area contributed by atoms with Crippen molar-refractivity contribution in [3.8, 4) is 0 Å². The first-order valence-electron chi connectivity index (χ1n) is 8.92. The van der Waals surface area contributed by atoms with E-state index in [0.717, 1.165) is 6.42 Å². The Balaban J connectivity index is 0.00000529. The molecule has 0 bridgehead atoms. The molecular formula is C20H36IO2P. The highest BCUT2D eigenvalue weighted by atomic mass is 127. The van der Waals surface area contributed by atoms with Gasteiger partial charge in [0.05, 0.1) is 0 Å². The van der Waals surface area contributed by atoms with Gasteiger partial charge in [-0.15, -0.1) is 33.2 Å². The van der Waals surface area contributed by atoms with E-state index in [1.54, 1.807) is 14.2 Å². The maximum absolute atomic E-state index is 5.21. The van der Waals surface area contributed by atoms with Crippen LogP contribution in [0.4, 0.5) is 0 Å². The Morgan fingerprint density at radius 3 is 1.96 bits per heavy atom. The summed E-state index contributed by atoms with van der Waals surface area (Å²) in [7, 11) is 6.30. The fourth-order valence-corrected chi connectivity index (χ4v) is 3.49. The third-order valence-corrected chi connectivity index (χ3v) is 5.63. The van der Waals surface area contributed by atoms with Gasteiger partial charge in [-0.3, -0.25) is 0 Å². The van der Waals surface area contributed by atoms with Gasteiger partial charge in [0.2, 0.25) is 0 Å². The number of halogens is 1. The minimum atomic E-state index is -0.0242. The molecule has 2 nitrogen and oxygen atoms in total. The summed E-state index contributed by atoms with van der Waals surface area (Å²) in [6.07, 6.45) is 9.95. The first-order valence-corrected chi connectivity index (χ1v) is 9.49. The molecule has 4 heteroatoms. The molecule has 0 aromatic heterocycles. The van der Waals surface area contributed by atoms with Crippen LogP contribution in [0.1, 0.15) is 67.2 Å². The number of aryl methyl sites for hydroxylation is 1. The van der Waals surface area contributed by atoms with Crippen molar-refractivity contribution in [1.29, 1.82) is 0 Å². The van der Waals surface area contributed by atoms with Gasteiger partial charge in [-0.25, -0.2) is 0 Å². The van der Waals surface area contributed by atoms with Crippen molar-refractivity contribution in [1.82, 2.24) is 0 Å². The van der Waals surface area contributed by atoms with Gasteiger partial charge < -0.3 is 9.47 Å². The number of rotatable bonds is 11. The van der Waals surface area contributed by atoms with Crippen LogP contribution in [0, 0.1) is 20.8 Å². The van der Waals surface area contributed by atoms with Crippen LogP contribution in [0.3, 0.4) is 0 Å². The summed E-state index contributed by atoms with van der Waals surface area (Å²) >= 11 is 0. The Hall–Kier alpha value is 0.300. The SMILES string of the molecule is COC(CCCCCCCCc1cc(P)c(C)c(C)c1C)OC.I. The van der Waals surface area contributed by atoms with E-state index in [4.69, 9.17) is 9.47 Å². The molecule has 0 saturated heterocycles. The third-order valence-electron chi connectivity index (χ3n) is 5.03. The average molecular weight is 466 g/mol. The second-order valence-electron chi connectivity index (χ2n) is 6.56. The van der Waals surface area contributed by atoms with Gasteiger partial charge >= 0.3 is 0 Å². The minimum absolute atomic E-state index is 0. The first-order chi connectivity index (χ1) is 11.0. The molecule has 0 spiro atoms. The van der Waals surface area contributed by atoms with Crippen molar-refractivity contribution in [2.24, 2.45) is 0 Å². The monoisotopic (exact) mass is 466 g/mol. The lowest BCUT2D eigenvalue weighted by Crippen LogP contribution is -2.12. The Labute approximate surface area is 168 Å². The third kappa shape index (κ3) is 8.12. The van der Waals surface area contributed by atoms with Crippen molar-refractivity contribution >= 4 is 38.5 Å². The topological polar surface area (TPSA) is 18.5 Å². The molecule has 0 aliphatic rings. The summed E-state index contributed by atoms with van der Waals surface area (Å²) in [5, 5.41) is 1.36. The molecule has 140 valence electrons. The summed E-state index contributed by atoms with van der Waals surface area (Å²) in [5.74, 6) is 0. The van der Waals surface area contributed by atoms with Crippen molar-refractivity contribution in [3.63, 3.8) is 0 Å². The van der Waals surface area contributed by atoms with E-state index in [-0.39, 0.29) is 30.3 Å². The van der Waals surface area contributed by atoms with E-state index in [9.17, 15) is 0 Å². The summed E-state index contributed by atoms with van der Waals surface area (Å²) in [6, 6.07) is 2.36. The van der Waals surface area contributed by atoms with Crippen LogP contribution in [-0.2, 0) is 15.9 Å². The molecule has 24 heavy (non-hydrogen) atoms. The highest BCUT2D eigenvalue weighted by Crippen LogP contribution is 2.20. The highest BCUT2D eigenvalue weighted by Gasteiger charge is 2.07. The number of hydrogen-bond donors (Lipinski definition) is 0. The number of benzene rings is 1. The molecule has 1 aromatic carbocycles. The van der Waals surface area contributed by atoms with E-state index in [1.165, 1.54) is 72.5 Å². The summed E-state index contributed by atoms with van der Waals surface area (Å²) in [4.78, 5) is 0. The standard InChI is InChI=1S/C20H35O2P.HI/c1-15-16(2)18(14-19(23)17(15)3)12-10-8-6-7-9-11-13-20(21-4)22-5;/h14,20H,6-13,23H2,1-5H3;1H. The lowest BCUT2D eigenvalue weighted by Gasteiger charge is -2.14. The van der Waals surface area contributed by atoms with E-state index < -0.39 is 0 Å². The normalized spacial score (nSPS) is 11.0. The highest BCUT2D eigenvalue weighted by molar-refractivity contribution is 14.0. The fourth-order valence-electron chi connectivity index (χ4n) is 3.07. The number of hydrogen-bond acceptors (Lipinski definition) is 2. The summed E-state index contributed by atoms with van der Waals surface area (Å²) in [5.41, 5.74) is 5.89. The van der Waals surface area contributed by atoms with Crippen molar-refractivity contribution in [2.45, 2.75) is 78.4 Å². The average Bonchev–Trinajstić information content (AvgIpc) is 2.56. The number of methoxy groups -OCH3 is 2. The second kappa shape index (κ2) is 13.5. The molecular weight excluding hydrogens is 430 g/mol. The molecule has 0 aliphatic carbocycles. The van der Waals surface area contributed by atoms with Gasteiger partial charge in [-0.1, -0.05) is 31.7 Å². The van der Waals surface area contributed by atoms with E-state index >= 15 is 0 Å². The van der Waals surface area contributed by atoms with E-state index in [1.807, 2.05) is 0 Å². The van der Waals surface area contributed by atoms with Crippen LogP contribution in [-0.4, -0.2) is 20.5 Å². The Bertz CT molecular complexity index is 473. The zero-order valence-electron chi connectivity index (χ0n) is 16.1. The predicted molar refractivity (Wildman–Crippen MR) is 119 cm³/mol. The zero-order valence-corrected chi connectivity index (χ0v) is 19.6. The van der Waals surface area contributed by atoms with Crippen molar-refractivity contribution < 1.29 is 9.47 Å². The Morgan fingerprint density at radius 1 is 0.833 bits per heavy atom. The maximum atomic E-state index is 5.21. The van der Waals surface area contributed by atoms with Crippen molar-refractivity contribution in [2.75, 3.05) is 14.2 Å². The van der Waals surface area contributed by atoms with Crippen molar-refractivity contribution in [3.05, 3.63) is 28.3 Å². The summed E-state index contributed by atoms with van der Waals surface area (Å²) in [6.45, 7) is 6.73. The van der Waals surface area contributed by atoms with Crippen LogP contribution in [0.15, 0.2) is 6.07 Å². The molecule has 0 N–H and O–H groups in total. The Morgan fingerprint density at radius 2 is 1.38 bits per heavy atom. The molecule has 1 unspecified atom stereocenters. The second-order valence-corrected chi connectivity index (χ2v) is 7.18. The van der Waals surface area contributed by atoms with Crippen LogP contribution < -0.4 is 5.30 Å². The van der Waals surface area contributed by atoms with Gasteiger partial charge in [0.15, 0.2) is 6.29 Å². The molecule has 0 amide bonds. The molecule has 1 rings (SSSR count). The molecule has 0 aliphatic heterocycles. The van der Waals surface area contributed by atoms with Crippen LogP contribution >= 0.6 is 33.2 Å². The number of unbranched alkanes of at least 4 members (excludes halogenated alkanes) is 5. The zero-order chi connectivity index (χ0) is 17.2. The predicted octanol–water partition coefficient (Wildman–Crippen LogP) is 5.62. The molecule has 0 saturated carbocycles. The first kappa shape index (κ1) is 24.3. The van der Waals surface area contributed by atoms with Gasteiger partial charge in [0.1, 0.15) is 0 Å². The molecule has 0 heterocycles.